The van der Waals surface area contributed by atoms with Crippen LogP contribution in [0.15, 0.2) is 133 Å². The lowest BCUT2D eigenvalue weighted by Gasteiger charge is -2.27. The third kappa shape index (κ3) is 10.8. The number of aryl methyl sites for hydroxylation is 2. The predicted octanol–water partition coefficient (Wildman–Crippen LogP) is 18.4. The number of carboxylic acids is 1. The molecule has 5 heterocycles. The minimum atomic E-state index is -0.983. The van der Waals surface area contributed by atoms with Gasteiger partial charge in [0.2, 0.25) is 0 Å². The van der Waals surface area contributed by atoms with Crippen molar-refractivity contribution in [3.8, 4) is 34.1 Å². The Hall–Kier alpha value is -8.47. The third-order valence-corrected chi connectivity index (χ3v) is 14.9. The van der Waals surface area contributed by atoms with E-state index in [1.165, 1.54) is 33.4 Å². The summed E-state index contributed by atoms with van der Waals surface area (Å²) in [6.45, 7) is 31.5. The highest BCUT2D eigenvalue weighted by molar-refractivity contribution is 6.00. The molecule has 392 valence electrons. The molecule has 0 saturated carbocycles. The first-order valence-electron chi connectivity index (χ1n) is 27.1. The minimum absolute atomic E-state index is 0.145. The number of nitrogens with one attached hydrogen (secondary N) is 2. The van der Waals surface area contributed by atoms with Crippen molar-refractivity contribution >= 4 is 69.4 Å². The van der Waals surface area contributed by atoms with Gasteiger partial charge in [0, 0.05) is 39.1 Å². The van der Waals surface area contributed by atoms with E-state index in [2.05, 4.69) is 257 Å². The first-order valence-corrected chi connectivity index (χ1v) is 27.1. The van der Waals surface area contributed by atoms with Crippen molar-refractivity contribution in [2.24, 2.45) is 0 Å². The van der Waals surface area contributed by atoms with Gasteiger partial charge in [-0.3, -0.25) is 0 Å². The minimum Gasteiger partial charge on any atom is -0.478 e. The van der Waals surface area contributed by atoms with Gasteiger partial charge in [0.1, 0.15) is 0 Å². The van der Waals surface area contributed by atoms with Crippen LogP contribution in [0.25, 0.3) is 68.6 Å². The van der Waals surface area contributed by atoms with Crippen molar-refractivity contribution in [2.45, 2.75) is 119 Å². The summed E-state index contributed by atoms with van der Waals surface area (Å²) in [6, 6.07) is 46.8. The van der Waals surface area contributed by atoms with Crippen molar-refractivity contribution < 1.29 is 9.90 Å². The number of aromatic carboxylic acids is 1. The van der Waals surface area contributed by atoms with E-state index in [1.807, 2.05) is 0 Å². The summed E-state index contributed by atoms with van der Waals surface area (Å²) in [7, 11) is 0. The zero-order valence-electron chi connectivity index (χ0n) is 47.7. The van der Waals surface area contributed by atoms with E-state index in [4.69, 9.17) is 9.97 Å². The van der Waals surface area contributed by atoms with Crippen molar-refractivity contribution in [1.82, 2.24) is 19.9 Å². The molecule has 7 heteroatoms. The lowest BCUT2D eigenvalue weighted by Crippen LogP contribution is -2.16. The van der Waals surface area contributed by atoms with E-state index in [-0.39, 0.29) is 27.2 Å². The topological polar surface area (TPSA) is 97.9 Å². The van der Waals surface area contributed by atoms with Crippen LogP contribution in [0.1, 0.15) is 161 Å². The Morgan fingerprint density at radius 3 is 1.27 bits per heavy atom. The number of H-pyrrole nitrogens is 2. The number of aromatic nitrogens is 4. The Bertz CT molecular complexity index is 3790. The van der Waals surface area contributed by atoms with E-state index in [9.17, 15) is 9.90 Å². The van der Waals surface area contributed by atoms with Gasteiger partial charge in [0.05, 0.1) is 50.6 Å². The van der Waals surface area contributed by atoms with Crippen LogP contribution in [0, 0.1) is 25.7 Å². The molecule has 8 aromatic rings. The summed E-state index contributed by atoms with van der Waals surface area (Å²) in [5.74, 6) is 5.94. The van der Waals surface area contributed by atoms with Crippen LogP contribution < -0.4 is 4.90 Å². The average molecular weight is 1030 g/mol. The van der Waals surface area contributed by atoms with E-state index < -0.39 is 5.97 Å². The highest BCUT2D eigenvalue weighted by Crippen LogP contribution is 2.44. The molecule has 10 rings (SSSR count). The van der Waals surface area contributed by atoms with E-state index >= 15 is 0 Å². The molecule has 0 spiro atoms. The second-order valence-electron chi connectivity index (χ2n) is 25.2. The summed E-state index contributed by atoms with van der Waals surface area (Å²) in [4.78, 5) is 33.4. The van der Waals surface area contributed by atoms with E-state index in [0.29, 0.717) is 16.8 Å². The molecule has 2 aliphatic rings. The lowest BCUT2D eigenvalue weighted by atomic mass is 9.78. The number of hydrogen-bond donors (Lipinski definition) is 3. The van der Waals surface area contributed by atoms with Crippen LogP contribution in [0.2, 0.25) is 0 Å². The largest absolute Gasteiger partial charge is 0.478 e. The van der Waals surface area contributed by atoms with Gasteiger partial charge >= 0.3 is 5.97 Å². The summed E-state index contributed by atoms with van der Waals surface area (Å²) in [5, 5.41) is 9.71. The van der Waals surface area contributed by atoms with Gasteiger partial charge in [0.25, 0.3) is 0 Å². The third-order valence-electron chi connectivity index (χ3n) is 14.9. The molecule has 7 nitrogen and oxygen atoms in total. The first kappa shape index (κ1) is 52.9. The molecule has 0 unspecified atom stereocenters. The monoisotopic (exact) mass is 1030 g/mol. The van der Waals surface area contributed by atoms with Gasteiger partial charge in [-0.05, 0) is 166 Å². The lowest BCUT2D eigenvalue weighted by molar-refractivity contribution is 0.0696. The molecule has 2 aliphatic heterocycles. The SMILES string of the molecule is Cc1ccc(N(c2ccc(C)cc2)c2c3nc(c(-c4cc(C(C)(C)C)cc(C(C)(C)C)c4)c4ccc([nH]4)c(C#Cc4ccc(C(=O)O)cc4)c4nc(c(-c5cc(C(C)(C)C)cc(C(C)(C)C)c5)c5ccc2[nH]5)C=C4)C=C3)cc1. The second kappa shape index (κ2) is 19.8. The van der Waals surface area contributed by atoms with Crippen LogP contribution in [-0.2, 0) is 21.7 Å². The summed E-state index contributed by atoms with van der Waals surface area (Å²) >= 11 is 0. The van der Waals surface area contributed by atoms with Crippen molar-refractivity contribution in [1.29, 1.82) is 0 Å². The molecule has 0 aliphatic carbocycles. The number of benzene rings is 5. The molecule has 8 bridgehead atoms. The van der Waals surface area contributed by atoms with Crippen LogP contribution in [0.3, 0.4) is 0 Å². The van der Waals surface area contributed by atoms with Crippen LogP contribution >= 0.6 is 0 Å². The number of carbonyl (C=O) groups is 1. The second-order valence-corrected chi connectivity index (χ2v) is 25.2. The van der Waals surface area contributed by atoms with Crippen molar-refractivity contribution in [3.05, 3.63) is 206 Å². The van der Waals surface area contributed by atoms with Gasteiger partial charge in [-0.1, -0.05) is 167 Å². The molecule has 5 aromatic carbocycles. The number of carboxylic acid groups (broad SMARTS) is 1. The Morgan fingerprint density at radius 2 is 0.833 bits per heavy atom. The highest BCUT2D eigenvalue weighted by atomic mass is 16.4. The molecule has 0 amide bonds. The van der Waals surface area contributed by atoms with Gasteiger partial charge < -0.3 is 20.0 Å². The van der Waals surface area contributed by atoms with Crippen molar-refractivity contribution in [3.63, 3.8) is 0 Å². The fraction of sp³-hybridized carbons (Fsp3) is 0.254. The Balaban J connectivity index is 1.41. The van der Waals surface area contributed by atoms with Crippen LogP contribution in [-0.4, -0.2) is 31.0 Å². The molecule has 3 aromatic heterocycles. The zero-order valence-corrected chi connectivity index (χ0v) is 47.7. The number of hydrogen-bond acceptors (Lipinski definition) is 4. The standard InChI is InChI=1S/C71H71N5O2/c1-43-15-24-53(25-16-43)76(54-26-17-44(2)18-27-54)66-62-35-33-60(74-62)64(47-37-49(68(3,4)5)41-50(38-47)69(6,7)8)58-31-29-56(72-58)55(28-21-45-19-22-46(23-20-45)67(77)78)57-30-32-59(73-57)65(61-34-36-63(66)75-61)48-39-51(70(9,10)11)42-52(40-48)71(12,13)14/h15-20,22-27,29-42,72,75H,1-14H3,(H,77,78). The number of rotatable bonds is 6. The van der Waals surface area contributed by atoms with E-state index in [1.54, 1.807) is 24.3 Å². The Labute approximate surface area is 460 Å². The van der Waals surface area contributed by atoms with Crippen LogP contribution in [0.5, 0.6) is 0 Å². The highest BCUT2D eigenvalue weighted by Gasteiger charge is 2.27. The normalized spacial score (nSPS) is 12.6. The average Bonchev–Trinajstić information content (AvgIpc) is 4.24. The van der Waals surface area contributed by atoms with Gasteiger partial charge in [-0.2, -0.15) is 0 Å². The predicted molar refractivity (Wildman–Crippen MR) is 328 cm³/mol. The smallest absolute Gasteiger partial charge is 0.335 e. The Kier molecular flexibility index (Phi) is 13.5. The summed E-state index contributed by atoms with van der Waals surface area (Å²) in [5.41, 5.74) is 21.7. The van der Waals surface area contributed by atoms with Crippen LogP contribution in [0.4, 0.5) is 17.1 Å². The van der Waals surface area contributed by atoms with Gasteiger partial charge in [0.15, 0.2) is 0 Å². The molecule has 3 N–H and O–H groups in total. The summed E-state index contributed by atoms with van der Waals surface area (Å²) < 4.78 is 0. The fourth-order valence-electron chi connectivity index (χ4n) is 10.1. The number of anilines is 3. The number of fused-ring (bicyclic) bond motifs is 8. The van der Waals surface area contributed by atoms with Crippen molar-refractivity contribution in [2.75, 3.05) is 4.90 Å². The fourth-order valence-corrected chi connectivity index (χ4v) is 10.1. The van der Waals surface area contributed by atoms with Gasteiger partial charge in [-0.15, -0.1) is 0 Å². The summed E-state index contributed by atoms with van der Waals surface area (Å²) in [6.07, 6.45) is 8.51. The molecular formula is C71H71N5O2. The zero-order chi connectivity index (χ0) is 55.6. The molecule has 0 atom stereocenters. The number of nitrogens with zero attached hydrogens (tertiary/aromatic N) is 3. The molecule has 0 saturated heterocycles. The maximum absolute atomic E-state index is 11.8. The molecule has 78 heavy (non-hydrogen) atoms. The molecular weight excluding hydrogens is 955 g/mol. The molecule has 0 fully saturated rings. The number of aromatic amines is 2. The maximum atomic E-state index is 11.8. The first-order chi connectivity index (χ1) is 36.8. The molecule has 0 radical (unpaired) electrons. The maximum Gasteiger partial charge on any atom is 0.335 e. The van der Waals surface area contributed by atoms with Gasteiger partial charge in [-0.25, -0.2) is 14.8 Å². The van der Waals surface area contributed by atoms with E-state index in [0.717, 1.165) is 78.5 Å². The Morgan fingerprint density at radius 1 is 0.449 bits per heavy atom. The quantitative estimate of drug-likeness (QED) is 0.144.